The molecule has 3 heteroatoms. The summed E-state index contributed by atoms with van der Waals surface area (Å²) >= 11 is 0. The predicted octanol–water partition coefficient (Wildman–Crippen LogP) is 0.766. The van der Waals surface area contributed by atoms with Crippen LogP contribution in [-0.4, -0.2) is 31.2 Å². The second kappa shape index (κ2) is 3.91. The summed E-state index contributed by atoms with van der Waals surface area (Å²) in [5, 5.41) is 9.55. The van der Waals surface area contributed by atoms with E-state index < -0.39 is 5.79 Å². The molecule has 3 nitrogen and oxygen atoms in total. The van der Waals surface area contributed by atoms with Crippen LogP contribution < -0.4 is 0 Å². The molecule has 0 aromatic rings. The Hall–Kier alpha value is -0.120. The first kappa shape index (κ1) is 9.88. The lowest BCUT2D eigenvalue weighted by Crippen LogP contribution is -2.42. The second-order valence-electron chi connectivity index (χ2n) is 2.28. The molecule has 2 unspecified atom stereocenters. The molecule has 0 aromatic heterocycles. The molecule has 0 spiro atoms. The van der Waals surface area contributed by atoms with E-state index in [2.05, 4.69) is 0 Å². The Morgan fingerprint density at radius 2 is 2.00 bits per heavy atom. The van der Waals surface area contributed by atoms with Crippen LogP contribution in [-0.2, 0) is 9.47 Å². The monoisotopic (exact) mass is 148 g/mol. The SMILES string of the molecule is CCC(O)(OC)C(C)OC. The minimum atomic E-state index is -1.13. The molecule has 0 amide bonds. The zero-order valence-electron chi connectivity index (χ0n) is 7.05. The lowest BCUT2D eigenvalue weighted by molar-refractivity contribution is -0.245. The van der Waals surface area contributed by atoms with Gasteiger partial charge in [0, 0.05) is 20.6 Å². The summed E-state index contributed by atoms with van der Waals surface area (Å²) in [6.45, 7) is 3.62. The van der Waals surface area contributed by atoms with Gasteiger partial charge in [0.2, 0.25) is 0 Å². The number of hydrogen-bond donors (Lipinski definition) is 1. The first-order valence-corrected chi connectivity index (χ1v) is 3.41. The standard InChI is InChI=1S/C7H16O3/c1-5-7(8,10-4)6(2)9-3/h6,8H,5H2,1-4H3. The summed E-state index contributed by atoms with van der Waals surface area (Å²) < 4.78 is 9.79. The molecule has 0 saturated heterocycles. The van der Waals surface area contributed by atoms with E-state index in [9.17, 15) is 5.11 Å². The van der Waals surface area contributed by atoms with E-state index >= 15 is 0 Å². The number of hydrogen-bond acceptors (Lipinski definition) is 3. The van der Waals surface area contributed by atoms with Crippen LogP contribution in [0.2, 0.25) is 0 Å². The maximum Gasteiger partial charge on any atom is 0.191 e. The van der Waals surface area contributed by atoms with Crippen LogP contribution in [0, 0.1) is 0 Å². The first-order chi connectivity index (χ1) is 4.60. The minimum absolute atomic E-state index is 0.289. The van der Waals surface area contributed by atoms with E-state index in [1.807, 2.05) is 6.92 Å². The number of ether oxygens (including phenoxy) is 2. The lowest BCUT2D eigenvalue weighted by atomic mass is 10.1. The molecule has 0 bridgehead atoms. The number of aliphatic hydroxyl groups is 1. The van der Waals surface area contributed by atoms with Crippen molar-refractivity contribution in [3.63, 3.8) is 0 Å². The molecule has 0 saturated carbocycles. The smallest absolute Gasteiger partial charge is 0.191 e. The molecular formula is C7H16O3. The van der Waals surface area contributed by atoms with E-state index in [0.717, 1.165) is 0 Å². The zero-order chi connectivity index (χ0) is 8.20. The first-order valence-electron chi connectivity index (χ1n) is 3.41. The van der Waals surface area contributed by atoms with Gasteiger partial charge in [-0.2, -0.15) is 0 Å². The van der Waals surface area contributed by atoms with Gasteiger partial charge in [-0.3, -0.25) is 0 Å². The highest BCUT2D eigenvalue weighted by molar-refractivity contribution is 4.71. The maximum atomic E-state index is 9.55. The van der Waals surface area contributed by atoms with E-state index in [4.69, 9.17) is 9.47 Å². The Morgan fingerprint density at radius 1 is 1.50 bits per heavy atom. The Bertz CT molecular complexity index is 88.9. The molecule has 0 rings (SSSR count). The molecule has 10 heavy (non-hydrogen) atoms. The molecule has 0 aliphatic carbocycles. The molecule has 2 atom stereocenters. The van der Waals surface area contributed by atoms with Crippen molar-refractivity contribution in [3.8, 4) is 0 Å². The largest absolute Gasteiger partial charge is 0.376 e. The van der Waals surface area contributed by atoms with Gasteiger partial charge in [0.25, 0.3) is 0 Å². The quantitative estimate of drug-likeness (QED) is 0.598. The summed E-state index contributed by atoms with van der Waals surface area (Å²) in [6.07, 6.45) is 0.237. The van der Waals surface area contributed by atoms with Crippen LogP contribution in [0.5, 0.6) is 0 Å². The van der Waals surface area contributed by atoms with Crippen molar-refractivity contribution in [2.24, 2.45) is 0 Å². The summed E-state index contributed by atoms with van der Waals surface area (Å²) in [6, 6.07) is 0. The third kappa shape index (κ3) is 1.94. The predicted molar refractivity (Wildman–Crippen MR) is 38.7 cm³/mol. The van der Waals surface area contributed by atoms with E-state index in [0.29, 0.717) is 6.42 Å². The Balaban J connectivity index is 4.02. The van der Waals surface area contributed by atoms with Gasteiger partial charge in [0.15, 0.2) is 5.79 Å². The van der Waals surface area contributed by atoms with Gasteiger partial charge in [0.05, 0.1) is 0 Å². The van der Waals surface area contributed by atoms with Crippen LogP contribution in [0.25, 0.3) is 0 Å². The van der Waals surface area contributed by atoms with E-state index in [1.165, 1.54) is 7.11 Å². The van der Waals surface area contributed by atoms with Gasteiger partial charge in [-0.15, -0.1) is 0 Å². The average molecular weight is 148 g/mol. The van der Waals surface area contributed by atoms with Crippen LogP contribution >= 0.6 is 0 Å². The van der Waals surface area contributed by atoms with Crippen molar-refractivity contribution < 1.29 is 14.6 Å². The number of rotatable bonds is 4. The Morgan fingerprint density at radius 3 is 2.10 bits per heavy atom. The van der Waals surface area contributed by atoms with Crippen molar-refractivity contribution in [2.45, 2.75) is 32.2 Å². The van der Waals surface area contributed by atoms with Crippen molar-refractivity contribution in [2.75, 3.05) is 14.2 Å². The van der Waals surface area contributed by atoms with Crippen LogP contribution in [0.4, 0.5) is 0 Å². The summed E-state index contributed by atoms with van der Waals surface area (Å²) in [4.78, 5) is 0. The Kier molecular flexibility index (Phi) is 3.86. The minimum Gasteiger partial charge on any atom is -0.376 e. The molecule has 0 fully saturated rings. The maximum absolute atomic E-state index is 9.55. The molecule has 0 aromatic carbocycles. The fourth-order valence-electron chi connectivity index (χ4n) is 0.782. The van der Waals surface area contributed by atoms with Gasteiger partial charge < -0.3 is 14.6 Å². The molecule has 0 heterocycles. The average Bonchev–Trinajstić information content (AvgIpc) is 2.01. The molecule has 0 radical (unpaired) electrons. The van der Waals surface area contributed by atoms with Crippen LogP contribution in [0.15, 0.2) is 0 Å². The molecule has 1 N–H and O–H groups in total. The van der Waals surface area contributed by atoms with Gasteiger partial charge in [0.1, 0.15) is 6.10 Å². The van der Waals surface area contributed by atoms with Crippen LogP contribution in [0.3, 0.4) is 0 Å². The molecular weight excluding hydrogens is 132 g/mol. The topological polar surface area (TPSA) is 38.7 Å². The highest BCUT2D eigenvalue weighted by Gasteiger charge is 2.31. The van der Waals surface area contributed by atoms with Crippen molar-refractivity contribution >= 4 is 0 Å². The summed E-state index contributed by atoms with van der Waals surface area (Å²) in [7, 11) is 3.02. The third-order valence-electron chi connectivity index (χ3n) is 1.85. The van der Waals surface area contributed by atoms with Gasteiger partial charge in [-0.25, -0.2) is 0 Å². The fourth-order valence-corrected chi connectivity index (χ4v) is 0.782. The van der Waals surface area contributed by atoms with E-state index in [-0.39, 0.29) is 6.10 Å². The third-order valence-corrected chi connectivity index (χ3v) is 1.85. The number of methoxy groups -OCH3 is 2. The van der Waals surface area contributed by atoms with Crippen molar-refractivity contribution in [3.05, 3.63) is 0 Å². The normalized spacial score (nSPS) is 20.1. The van der Waals surface area contributed by atoms with Crippen molar-refractivity contribution in [1.82, 2.24) is 0 Å². The van der Waals surface area contributed by atoms with Gasteiger partial charge in [-0.05, 0) is 6.92 Å². The summed E-state index contributed by atoms with van der Waals surface area (Å²) in [5.41, 5.74) is 0. The highest BCUT2D eigenvalue weighted by atomic mass is 16.6. The highest BCUT2D eigenvalue weighted by Crippen LogP contribution is 2.17. The summed E-state index contributed by atoms with van der Waals surface area (Å²) in [5.74, 6) is -1.13. The second-order valence-corrected chi connectivity index (χ2v) is 2.28. The van der Waals surface area contributed by atoms with Crippen LogP contribution in [0.1, 0.15) is 20.3 Å². The van der Waals surface area contributed by atoms with Gasteiger partial charge in [-0.1, -0.05) is 6.92 Å². The van der Waals surface area contributed by atoms with Crippen molar-refractivity contribution in [1.29, 1.82) is 0 Å². The van der Waals surface area contributed by atoms with Gasteiger partial charge >= 0.3 is 0 Å². The molecule has 62 valence electrons. The van der Waals surface area contributed by atoms with E-state index in [1.54, 1.807) is 14.0 Å². The fraction of sp³-hybridized carbons (Fsp3) is 1.00. The Labute approximate surface area is 62.0 Å². The zero-order valence-corrected chi connectivity index (χ0v) is 7.05. The molecule has 0 aliphatic heterocycles. The molecule has 0 aliphatic rings. The lowest BCUT2D eigenvalue weighted by Gasteiger charge is -2.30.